The number of fused-ring (bicyclic) bond motifs is 10. The van der Waals surface area contributed by atoms with E-state index in [1.165, 1.54) is 0 Å². The Bertz CT molecular complexity index is 2510. The van der Waals surface area contributed by atoms with Crippen molar-refractivity contribution in [2.75, 3.05) is 0 Å². The van der Waals surface area contributed by atoms with Crippen LogP contribution in [0.4, 0.5) is 0 Å². The molecule has 4 heterocycles. The van der Waals surface area contributed by atoms with Crippen molar-refractivity contribution in [2.24, 2.45) is 0 Å². The second-order valence-corrected chi connectivity index (χ2v) is 22.8. The van der Waals surface area contributed by atoms with Crippen molar-refractivity contribution in [3.8, 4) is 22.5 Å². The first-order chi connectivity index (χ1) is 26.1. The van der Waals surface area contributed by atoms with Crippen molar-refractivity contribution in [3.63, 3.8) is 0 Å². The van der Waals surface area contributed by atoms with Crippen molar-refractivity contribution in [1.29, 1.82) is 0 Å². The minimum atomic E-state index is -3.30. The molecule has 2 aliphatic heterocycles. The molecule has 2 aliphatic rings. The molecule has 8 aromatic rings. The highest BCUT2D eigenvalue weighted by Gasteiger charge is 2.56. The molecule has 252 valence electrons. The number of hydrogen-bond donors (Lipinski definition) is 0. The van der Waals surface area contributed by atoms with Gasteiger partial charge in [-0.05, 0) is 56.1 Å². The van der Waals surface area contributed by atoms with Gasteiger partial charge in [0.15, 0.2) is 22.4 Å². The highest BCUT2D eigenvalue weighted by atomic mass is 31.2. The van der Waals surface area contributed by atoms with Gasteiger partial charge in [-0.3, -0.25) is 9.97 Å². The first-order valence-electron chi connectivity index (χ1n) is 17.7. The molecule has 0 bridgehead atoms. The van der Waals surface area contributed by atoms with Gasteiger partial charge >= 0.3 is 0 Å². The first-order valence-corrected chi connectivity index (χ1v) is 23.1. The summed E-state index contributed by atoms with van der Waals surface area (Å²) in [5.41, 5.74) is 3.98. The van der Waals surface area contributed by atoms with Crippen LogP contribution in [0.15, 0.2) is 194 Å². The van der Waals surface area contributed by atoms with Gasteiger partial charge in [-0.2, -0.15) is 0 Å². The average molecular weight is 735 g/mol. The van der Waals surface area contributed by atoms with E-state index in [1.54, 1.807) is 0 Å². The van der Waals surface area contributed by atoms with E-state index in [2.05, 4.69) is 48.5 Å². The van der Waals surface area contributed by atoms with Crippen molar-refractivity contribution in [3.05, 3.63) is 194 Å². The number of pyridine rings is 2. The van der Waals surface area contributed by atoms with E-state index >= 15 is 9.13 Å². The van der Waals surface area contributed by atoms with Crippen LogP contribution in [-0.4, -0.2) is 18.0 Å². The third-order valence-corrected chi connectivity index (χ3v) is 21.9. The molecule has 6 aromatic carbocycles. The van der Waals surface area contributed by atoms with E-state index in [0.29, 0.717) is 0 Å². The standard InChI is InChI=1S/C46H32N2O2P2Si/c49-51(33-15-5-1-6-16-33,34-17-7-2-8-18-34)37-25-27-39-40-28-26-38(52(50,35-19-9-3-10-20-35)36-21-11-4-12-22-36)32-44(40)53(43(39)31-37)41-23-13-29-47-45(41)46-42(53)24-14-30-48-46/h1-32H. The zero-order valence-corrected chi connectivity index (χ0v) is 31.4. The molecular weight excluding hydrogens is 703 g/mol. The Balaban J connectivity index is 1.30. The zero-order valence-electron chi connectivity index (χ0n) is 28.6. The molecule has 4 nitrogen and oxygen atoms in total. The number of aromatic nitrogens is 2. The maximum Gasteiger partial charge on any atom is 0.185 e. The molecular formula is C46H32N2O2P2Si. The molecule has 1 spiro atoms. The molecule has 0 aliphatic carbocycles. The third-order valence-electron chi connectivity index (χ3n) is 11.0. The Hall–Kier alpha value is -5.70. The van der Waals surface area contributed by atoms with Gasteiger partial charge in [-0.15, -0.1) is 0 Å². The van der Waals surface area contributed by atoms with Crippen molar-refractivity contribution in [2.45, 2.75) is 0 Å². The lowest BCUT2D eigenvalue weighted by Gasteiger charge is -2.29. The van der Waals surface area contributed by atoms with Gasteiger partial charge in [0.2, 0.25) is 0 Å². The van der Waals surface area contributed by atoms with Gasteiger partial charge in [-0.1, -0.05) is 158 Å². The van der Waals surface area contributed by atoms with E-state index in [0.717, 1.165) is 75.1 Å². The summed E-state index contributed by atoms with van der Waals surface area (Å²) in [5.74, 6) is 0. The summed E-state index contributed by atoms with van der Waals surface area (Å²) in [5, 5.41) is 9.35. The van der Waals surface area contributed by atoms with E-state index < -0.39 is 22.4 Å². The van der Waals surface area contributed by atoms with Gasteiger partial charge in [0.1, 0.15) is 0 Å². The highest BCUT2D eigenvalue weighted by molar-refractivity contribution is 7.85. The predicted octanol–water partition coefficient (Wildman–Crippen LogP) is 5.09. The van der Waals surface area contributed by atoms with Gasteiger partial charge in [-0.25, -0.2) is 0 Å². The fourth-order valence-corrected chi connectivity index (χ4v) is 19.7. The fourth-order valence-electron chi connectivity index (χ4n) is 8.66. The maximum atomic E-state index is 15.8. The summed E-state index contributed by atoms with van der Waals surface area (Å²) in [7, 11) is -9.74. The highest BCUT2D eigenvalue weighted by Crippen LogP contribution is 2.45. The summed E-state index contributed by atoms with van der Waals surface area (Å²) in [6.07, 6.45) is 3.68. The molecule has 7 heteroatoms. The van der Waals surface area contributed by atoms with Crippen LogP contribution in [0, 0.1) is 0 Å². The number of rotatable bonds is 6. The van der Waals surface area contributed by atoms with E-state index in [9.17, 15) is 0 Å². The molecule has 2 aromatic heterocycles. The smallest absolute Gasteiger partial charge is 0.185 e. The molecule has 0 atom stereocenters. The van der Waals surface area contributed by atoms with Crippen molar-refractivity contribution < 1.29 is 9.13 Å². The number of benzene rings is 6. The van der Waals surface area contributed by atoms with Crippen LogP contribution in [0.5, 0.6) is 0 Å². The van der Waals surface area contributed by atoms with E-state index in [4.69, 9.17) is 9.97 Å². The Morgan fingerprint density at radius 3 is 1.02 bits per heavy atom. The minimum absolute atomic E-state index is 0.788. The van der Waals surface area contributed by atoms with Crippen LogP contribution < -0.4 is 52.6 Å². The molecule has 0 saturated heterocycles. The average Bonchev–Trinajstić information content (AvgIpc) is 3.71. The lowest BCUT2D eigenvalue weighted by atomic mass is 10.1. The lowest BCUT2D eigenvalue weighted by molar-refractivity contribution is 0.591. The van der Waals surface area contributed by atoms with E-state index in [1.807, 2.05) is 146 Å². The number of hydrogen-bond acceptors (Lipinski definition) is 4. The van der Waals surface area contributed by atoms with Crippen LogP contribution in [0.1, 0.15) is 0 Å². The number of nitrogens with zero attached hydrogens (tertiary/aromatic N) is 2. The lowest BCUT2D eigenvalue weighted by Crippen LogP contribution is -2.71. The quantitative estimate of drug-likeness (QED) is 0.177. The van der Waals surface area contributed by atoms with Gasteiger partial charge < -0.3 is 9.13 Å². The van der Waals surface area contributed by atoms with Crippen molar-refractivity contribution in [1.82, 2.24) is 9.97 Å². The van der Waals surface area contributed by atoms with Crippen molar-refractivity contribution >= 4 is 74.9 Å². The fraction of sp³-hybridized carbons (Fsp3) is 0. The minimum Gasteiger partial charge on any atom is -0.309 e. The molecule has 0 amide bonds. The predicted molar refractivity (Wildman–Crippen MR) is 222 cm³/mol. The van der Waals surface area contributed by atoms with Gasteiger partial charge in [0.25, 0.3) is 0 Å². The molecule has 0 fully saturated rings. The normalized spacial score (nSPS) is 13.6. The molecule has 0 unspecified atom stereocenters. The van der Waals surface area contributed by atoms with Crippen LogP contribution in [0.25, 0.3) is 22.5 Å². The van der Waals surface area contributed by atoms with Crippen LogP contribution in [0.3, 0.4) is 0 Å². The summed E-state index contributed by atoms with van der Waals surface area (Å²) < 4.78 is 31.7. The zero-order chi connectivity index (χ0) is 35.6. The largest absolute Gasteiger partial charge is 0.309 e. The Labute approximate surface area is 309 Å². The molecule has 0 N–H and O–H groups in total. The summed E-state index contributed by atoms with van der Waals surface area (Å²) in [6, 6.07) is 60.8. The van der Waals surface area contributed by atoms with Crippen LogP contribution in [-0.2, 0) is 9.13 Å². The summed E-state index contributed by atoms with van der Waals surface area (Å²) >= 11 is 0. The van der Waals surface area contributed by atoms with Gasteiger partial charge in [0.05, 0.1) is 11.4 Å². The molecule has 53 heavy (non-hydrogen) atoms. The summed E-state index contributed by atoms with van der Waals surface area (Å²) in [6.45, 7) is 0. The molecule has 0 radical (unpaired) electrons. The van der Waals surface area contributed by atoms with Gasteiger partial charge in [0, 0.05) is 44.2 Å². The van der Waals surface area contributed by atoms with Crippen LogP contribution in [0.2, 0.25) is 0 Å². The Morgan fingerprint density at radius 2 is 0.679 bits per heavy atom. The third kappa shape index (κ3) is 4.49. The molecule has 10 rings (SSSR count). The maximum absolute atomic E-state index is 15.8. The molecule has 0 saturated carbocycles. The SMILES string of the molecule is O=P(c1ccccc1)(c1ccccc1)c1ccc2c(c1)[Si]1(c3cc(P(=O)(c4ccccc4)c4ccccc4)ccc3-2)c2cccnc2-c2ncccc21. The Morgan fingerprint density at radius 1 is 0.340 bits per heavy atom. The summed E-state index contributed by atoms with van der Waals surface area (Å²) in [4.78, 5) is 9.92. The van der Waals surface area contributed by atoms with Crippen LogP contribution >= 0.6 is 14.3 Å². The monoisotopic (exact) mass is 734 g/mol. The topological polar surface area (TPSA) is 59.9 Å². The first kappa shape index (κ1) is 32.0. The van der Waals surface area contributed by atoms with E-state index in [-0.39, 0.29) is 0 Å². The second kappa shape index (κ2) is 12.2. The Kier molecular flexibility index (Phi) is 7.35. The second-order valence-electron chi connectivity index (χ2n) is 13.6.